The molecule has 0 aliphatic carbocycles. The highest BCUT2D eigenvalue weighted by Crippen LogP contribution is 2.52. The Morgan fingerprint density at radius 1 is 0.927 bits per heavy atom. The molecule has 7 nitrogen and oxygen atoms in total. The number of hydrogen-bond acceptors (Lipinski definition) is 7. The van der Waals surface area contributed by atoms with Crippen molar-refractivity contribution in [1.29, 1.82) is 0 Å². The van der Waals surface area contributed by atoms with E-state index >= 15 is 0 Å². The highest BCUT2D eigenvalue weighted by atomic mass is 16.5. The van der Waals surface area contributed by atoms with Gasteiger partial charge in [0, 0.05) is 41.0 Å². The predicted molar refractivity (Wildman–Crippen MR) is 158 cm³/mol. The van der Waals surface area contributed by atoms with E-state index in [9.17, 15) is 9.90 Å². The number of likely N-dealkylation sites (tertiary alicyclic amines) is 1. The molecule has 1 N–H and O–H groups in total. The normalized spacial score (nSPS) is 18.4. The van der Waals surface area contributed by atoms with Crippen LogP contribution in [0.4, 0.5) is 0 Å². The predicted octanol–water partition coefficient (Wildman–Crippen LogP) is 6.65. The maximum atomic E-state index is 12.6. The lowest BCUT2D eigenvalue weighted by Crippen LogP contribution is -2.33. The minimum absolute atomic E-state index is 0.151. The first-order valence-corrected chi connectivity index (χ1v) is 14.4. The van der Waals surface area contributed by atoms with Crippen LogP contribution in [0.2, 0.25) is 0 Å². The van der Waals surface area contributed by atoms with Crippen molar-refractivity contribution in [2.24, 2.45) is 5.41 Å². The number of aromatic hydroxyl groups is 1. The van der Waals surface area contributed by atoms with Gasteiger partial charge in [0.2, 0.25) is 0 Å². The van der Waals surface area contributed by atoms with Crippen molar-refractivity contribution in [3.8, 4) is 28.7 Å². The van der Waals surface area contributed by atoms with Gasteiger partial charge in [-0.1, -0.05) is 18.6 Å². The van der Waals surface area contributed by atoms with E-state index < -0.39 is 11.5 Å². The Hall–Kier alpha value is -3.97. The zero-order chi connectivity index (χ0) is 28.6. The third-order valence-corrected chi connectivity index (χ3v) is 7.87. The van der Waals surface area contributed by atoms with E-state index in [2.05, 4.69) is 4.90 Å². The number of phenols is 1. The van der Waals surface area contributed by atoms with Crippen molar-refractivity contribution in [1.82, 2.24) is 4.90 Å². The van der Waals surface area contributed by atoms with Crippen LogP contribution in [0, 0.1) is 5.41 Å². The number of ether oxygens (including phenoxy) is 4. The fraction of sp³-hybridized carbons (Fsp3) is 0.382. The highest BCUT2D eigenvalue weighted by molar-refractivity contribution is 5.99. The first-order chi connectivity index (χ1) is 19.8. The molecule has 0 bridgehead atoms. The molecule has 1 fully saturated rings. The van der Waals surface area contributed by atoms with E-state index in [-0.39, 0.29) is 11.7 Å². The Morgan fingerprint density at radius 3 is 2.41 bits per heavy atom. The van der Waals surface area contributed by atoms with Gasteiger partial charge in [0.25, 0.3) is 0 Å². The molecule has 3 aromatic rings. The number of piperidine rings is 1. The zero-order valence-corrected chi connectivity index (χ0v) is 23.9. The Kier molecular flexibility index (Phi) is 7.39. The molecule has 214 valence electrons. The van der Waals surface area contributed by atoms with Crippen molar-refractivity contribution in [2.45, 2.75) is 46.1 Å². The molecule has 3 aliphatic rings. The van der Waals surface area contributed by atoms with E-state index in [0.29, 0.717) is 30.5 Å². The van der Waals surface area contributed by atoms with Gasteiger partial charge in [0.05, 0.1) is 5.41 Å². The number of carbonyl (C=O) groups is 1. The lowest BCUT2D eigenvalue weighted by atomic mass is 9.84. The first-order valence-electron chi connectivity index (χ1n) is 14.4. The van der Waals surface area contributed by atoms with Crippen molar-refractivity contribution in [3.05, 3.63) is 77.4 Å². The van der Waals surface area contributed by atoms with Gasteiger partial charge < -0.3 is 24.1 Å². The van der Waals surface area contributed by atoms with Crippen molar-refractivity contribution >= 4 is 17.1 Å². The molecule has 0 radical (unpaired) electrons. The molecule has 3 heterocycles. The fourth-order valence-corrected chi connectivity index (χ4v) is 5.57. The molecule has 1 saturated heterocycles. The number of rotatable bonds is 6. The van der Waals surface area contributed by atoms with Crippen LogP contribution in [0.5, 0.6) is 28.7 Å². The summed E-state index contributed by atoms with van der Waals surface area (Å²) in [5, 5.41) is 10.1. The van der Waals surface area contributed by atoms with Crippen LogP contribution in [0.1, 0.15) is 62.8 Å². The third-order valence-electron chi connectivity index (χ3n) is 7.87. The molecule has 0 aromatic heterocycles. The van der Waals surface area contributed by atoms with Crippen LogP contribution in [-0.2, 0) is 4.79 Å². The summed E-state index contributed by atoms with van der Waals surface area (Å²) >= 11 is 0. The average molecular weight is 556 g/mol. The van der Waals surface area contributed by atoms with Gasteiger partial charge in [-0.05, 0) is 88.7 Å². The van der Waals surface area contributed by atoms with Crippen LogP contribution >= 0.6 is 0 Å². The van der Waals surface area contributed by atoms with Gasteiger partial charge in [0.15, 0.2) is 6.10 Å². The third kappa shape index (κ3) is 5.77. The second kappa shape index (κ2) is 11.1. The molecule has 3 aromatic carbocycles. The minimum Gasteiger partial charge on any atom is -0.508 e. The monoisotopic (exact) mass is 555 g/mol. The van der Waals surface area contributed by atoms with Crippen LogP contribution in [0.25, 0.3) is 11.1 Å². The number of esters is 1. The maximum Gasteiger partial charge on any atom is 0.316 e. The zero-order valence-electron chi connectivity index (χ0n) is 23.9. The second-order valence-corrected chi connectivity index (χ2v) is 12.0. The minimum atomic E-state index is -0.626. The molecule has 0 saturated carbocycles. The summed E-state index contributed by atoms with van der Waals surface area (Å²) < 4.78 is 24.5. The van der Waals surface area contributed by atoms with Gasteiger partial charge >= 0.3 is 5.97 Å². The number of benzene rings is 3. The Morgan fingerprint density at radius 2 is 1.66 bits per heavy atom. The summed E-state index contributed by atoms with van der Waals surface area (Å²) in [6.45, 7) is 9.71. The summed E-state index contributed by atoms with van der Waals surface area (Å²) in [6, 6.07) is 18.7. The first kappa shape index (κ1) is 27.2. The van der Waals surface area contributed by atoms with Gasteiger partial charge in [-0.2, -0.15) is 0 Å². The molecule has 3 aliphatic heterocycles. The van der Waals surface area contributed by atoms with E-state index in [4.69, 9.17) is 18.9 Å². The van der Waals surface area contributed by atoms with Crippen molar-refractivity contribution in [2.75, 3.05) is 32.8 Å². The van der Waals surface area contributed by atoms with E-state index in [1.807, 2.05) is 57.2 Å². The molecule has 6 rings (SSSR count). The van der Waals surface area contributed by atoms with E-state index in [0.717, 1.165) is 53.2 Å². The van der Waals surface area contributed by atoms with Gasteiger partial charge in [0.1, 0.15) is 42.0 Å². The summed E-state index contributed by atoms with van der Waals surface area (Å²) in [6.07, 6.45) is 3.43. The topological polar surface area (TPSA) is 77.5 Å². The molecule has 1 atom stereocenters. The molecular weight excluding hydrogens is 518 g/mol. The molecule has 0 amide bonds. The lowest BCUT2D eigenvalue weighted by molar-refractivity contribution is -0.143. The van der Waals surface area contributed by atoms with Crippen molar-refractivity contribution in [3.63, 3.8) is 0 Å². The van der Waals surface area contributed by atoms with E-state index in [1.54, 1.807) is 24.3 Å². The van der Waals surface area contributed by atoms with Crippen LogP contribution in [0.15, 0.2) is 60.7 Å². The lowest BCUT2D eigenvalue weighted by Gasteiger charge is -2.35. The number of carbonyl (C=O) groups excluding carboxylic acids is 1. The van der Waals surface area contributed by atoms with Crippen LogP contribution < -0.4 is 18.9 Å². The second-order valence-electron chi connectivity index (χ2n) is 12.0. The Labute approximate surface area is 241 Å². The largest absolute Gasteiger partial charge is 0.508 e. The SMILES string of the molecule is CC(C)(C)C(=O)Oc1ccc2c(c1)OC(c1ccc(OCCN3CCCCC3)cc1)C1=C2COc2cc(O)ccc21. The van der Waals surface area contributed by atoms with E-state index in [1.165, 1.54) is 19.3 Å². The Balaban J connectivity index is 1.30. The summed E-state index contributed by atoms with van der Waals surface area (Å²) in [7, 11) is 0. The molecule has 1 unspecified atom stereocenters. The molecule has 7 heteroatoms. The number of hydrogen-bond donors (Lipinski definition) is 1. The smallest absolute Gasteiger partial charge is 0.316 e. The Bertz CT molecular complexity index is 1460. The summed E-state index contributed by atoms with van der Waals surface area (Å²) in [5.41, 5.74) is 4.11. The van der Waals surface area contributed by atoms with Gasteiger partial charge in [-0.25, -0.2) is 0 Å². The summed E-state index contributed by atoms with van der Waals surface area (Å²) in [4.78, 5) is 15.0. The van der Waals surface area contributed by atoms with Crippen LogP contribution in [0.3, 0.4) is 0 Å². The highest BCUT2D eigenvalue weighted by Gasteiger charge is 2.36. The maximum absolute atomic E-state index is 12.6. The molecular formula is C34H37NO6. The van der Waals surface area contributed by atoms with Gasteiger partial charge in [-0.3, -0.25) is 9.69 Å². The number of nitrogens with zero attached hydrogens (tertiary/aromatic N) is 1. The number of fused-ring (bicyclic) bond motifs is 4. The van der Waals surface area contributed by atoms with Gasteiger partial charge in [-0.15, -0.1) is 0 Å². The number of phenolic OH excluding ortho intramolecular Hbond substituents is 1. The van der Waals surface area contributed by atoms with Crippen LogP contribution in [-0.4, -0.2) is 48.8 Å². The standard InChI is InChI=1S/C34H37NO6/c1-34(2,3)33(37)40-25-12-14-26-28-21-39-29-19-23(36)9-13-27(29)31(28)32(41-30(26)20-25)22-7-10-24(11-8-22)38-18-17-35-15-5-4-6-16-35/h7-14,19-20,32,36H,4-6,15-18,21H2,1-3H3. The summed E-state index contributed by atoms with van der Waals surface area (Å²) in [5.74, 6) is 2.35. The average Bonchev–Trinajstić information content (AvgIpc) is 2.96. The quantitative estimate of drug-likeness (QED) is 0.270. The molecule has 0 spiro atoms. The molecule has 41 heavy (non-hydrogen) atoms. The van der Waals surface area contributed by atoms with Crippen molar-refractivity contribution < 1.29 is 28.8 Å². The fourth-order valence-electron chi connectivity index (χ4n) is 5.57.